The molecule has 4 aromatic rings. The van der Waals surface area contributed by atoms with Gasteiger partial charge >= 0.3 is 359 Å². The second kappa shape index (κ2) is 17.1. The second-order valence-corrected chi connectivity index (χ2v) is 38.7. The summed E-state index contributed by atoms with van der Waals surface area (Å²) in [4.78, 5) is 27.7. The first-order chi connectivity index (χ1) is 27.4. The molecule has 0 aromatic heterocycles. The van der Waals surface area contributed by atoms with Crippen molar-refractivity contribution in [3.05, 3.63) is 127 Å². The monoisotopic (exact) mass is 893 g/mol. The number of rotatable bonds is 13. The Labute approximate surface area is 356 Å². The summed E-state index contributed by atoms with van der Waals surface area (Å²) in [5.41, 5.74) is 19.1. The molecule has 0 radical (unpaired) electrons. The summed E-state index contributed by atoms with van der Waals surface area (Å²) in [5.74, 6) is -0.132. The van der Waals surface area contributed by atoms with E-state index in [0.29, 0.717) is 0 Å². The van der Waals surface area contributed by atoms with E-state index in [0.717, 1.165) is 46.2 Å². The first-order valence-corrected chi connectivity index (χ1v) is 32.0. The zero-order chi connectivity index (χ0) is 42.5. The molecule has 0 heterocycles. The Morgan fingerprint density at radius 2 is 0.966 bits per heavy atom. The van der Waals surface area contributed by atoms with Crippen LogP contribution in [0.25, 0.3) is 34.4 Å². The van der Waals surface area contributed by atoms with Crippen molar-refractivity contribution in [2.45, 2.75) is 116 Å². The van der Waals surface area contributed by atoms with E-state index in [2.05, 4.69) is 153 Å². The van der Waals surface area contributed by atoms with Crippen LogP contribution in [0.2, 0.25) is 0 Å². The summed E-state index contributed by atoms with van der Waals surface area (Å²) in [6, 6.07) is 22.0. The average Bonchev–Trinajstić information content (AvgIpc) is 3.83. The van der Waals surface area contributed by atoms with Gasteiger partial charge in [0.15, 0.2) is 0 Å². The van der Waals surface area contributed by atoms with Crippen molar-refractivity contribution in [1.29, 1.82) is 0 Å². The van der Waals surface area contributed by atoms with E-state index >= 15 is 0 Å². The third kappa shape index (κ3) is 7.36. The van der Waals surface area contributed by atoms with E-state index in [9.17, 15) is 9.59 Å². The quantitative estimate of drug-likeness (QED) is 0.131. The molecule has 2 aliphatic carbocycles. The van der Waals surface area contributed by atoms with Crippen molar-refractivity contribution in [2.24, 2.45) is 11.8 Å². The number of benzene rings is 4. The van der Waals surface area contributed by atoms with Gasteiger partial charge in [-0.2, -0.15) is 0 Å². The fourth-order valence-corrected chi connectivity index (χ4v) is 30.5. The van der Waals surface area contributed by atoms with Crippen LogP contribution in [-0.2, 0) is 25.8 Å². The Morgan fingerprint density at radius 1 is 0.586 bits per heavy atom. The molecule has 4 aromatic carbocycles. The number of halogens is 2. The molecule has 4 atom stereocenters. The van der Waals surface area contributed by atoms with Crippen LogP contribution in [-0.4, -0.2) is 16.3 Å². The maximum atomic E-state index is 13.8. The van der Waals surface area contributed by atoms with Crippen molar-refractivity contribution < 1.29 is 25.8 Å². The number of fused-ring (bicyclic) bond motifs is 2. The second-order valence-electron chi connectivity index (χ2n) is 17.3. The van der Waals surface area contributed by atoms with Gasteiger partial charge in [0.2, 0.25) is 0 Å². The Morgan fingerprint density at radius 3 is 1.31 bits per heavy atom. The number of amides is 2. The molecule has 4 nitrogen and oxygen atoms in total. The molecule has 0 bridgehead atoms. The van der Waals surface area contributed by atoms with Crippen LogP contribution in [0.1, 0.15) is 130 Å². The first-order valence-electron chi connectivity index (χ1n) is 21.4. The van der Waals surface area contributed by atoms with Crippen molar-refractivity contribution in [2.75, 3.05) is 0 Å². The van der Waals surface area contributed by atoms with Gasteiger partial charge < -0.3 is 0 Å². The average molecular weight is 896 g/mol. The van der Waals surface area contributed by atoms with Gasteiger partial charge in [-0.3, -0.25) is 0 Å². The van der Waals surface area contributed by atoms with E-state index in [-0.39, 0.29) is 36.5 Å². The van der Waals surface area contributed by atoms with Crippen LogP contribution in [0.4, 0.5) is 0 Å². The fraction of sp³-hybridized carbons (Fsp3) is 0.400. The molecule has 0 saturated carbocycles. The van der Waals surface area contributed by atoms with Gasteiger partial charge in [0.05, 0.1) is 0 Å². The number of hydrogen-bond acceptors (Lipinski definition) is 2. The molecule has 0 aliphatic heterocycles. The summed E-state index contributed by atoms with van der Waals surface area (Å²) in [6.45, 7) is 25.8. The Hall–Kier alpha value is -3.17. The Bertz CT molecular complexity index is 2200. The molecular formula is C50H62BCl2N2O2Zr. The number of allylic oxidation sites excluding steroid dienone is 2. The van der Waals surface area contributed by atoms with Gasteiger partial charge in [0, 0.05) is 0 Å². The minimum atomic E-state index is -6.10. The van der Waals surface area contributed by atoms with Gasteiger partial charge in [-0.05, 0) is 0 Å². The van der Waals surface area contributed by atoms with Crippen molar-refractivity contribution in [3.63, 3.8) is 0 Å². The van der Waals surface area contributed by atoms with Crippen molar-refractivity contribution in [3.8, 4) is 22.3 Å². The molecule has 2 N–H and O–H groups in total. The molecule has 58 heavy (non-hydrogen) atoms. The number of hydrogen-bond donors (Lipinski definition) is 2. The van der Waals surface area contributed by atoms with Gasteiger partial charge in [-0.1, -0.05) is 0 Å². The zero-order valence-corrected chi connectivity index (χ0v) is 40.7. The Balaban J connectivity index is 1.76. The molecule has 2 amide bonds. The predicted octanol–water partition coefficient (Wildman–Crippen LogP) is 13.6. The fourth-order valence-electron chi connectivity index (χ4n) is 9.71. The van der Waals surface area contributed by atoms with Crippen LogP contribution >= 0.6 is 17.0 Å². The number of carbonyl (C=O) groups excluding carboxylic acids is 2. The van der Waals surface area contributed by atoms with Crippen LogP contribution in [0.3, 0.4) is 0 Å². The summed E-state index contributed by atoms with van der Waals surface area (Å²) in [7, 11) is 18.1. The third-order valence-corrected chi connectivity index (χ3v) is 33.9. The van der Waals surface area contributed by atoms with Crippen molar-refractivity contribution in [1.82, 2.24) is 10.5 Å². The van der Waals surface area contributed by atoms with Crippen LogP contribution in [0, 0.1) is 53.4 Å². The van der Waals surface area contributed by atoms with Crippen LogP contribution < -0.4 is 10.5 Å². The number of nitrogens with one attached hydrogen (secondary N) is 2. The molecule has 0 fully saturated rings. The van der Waals surface area contributed by atoms with E-state index in [1.54, 1.807) is 0 Å². The standard InChI is InChI=1S/2C22H25.C6H11BN2O2.2ClH.Zr/c2*1-6-14(2)19-12-18-8-7-9-21(22(18)13-19)20-11-10-15(3)16(4)17(20)5;1-3-5(10)8-7-9-6(11)4-2;;;/h2*7-14H,6H2,1-5H3;3-4H2,1-2H3,(H-,8,9,10,11);2*1H;/q;;;;;+1/p-1. The van der Waals surface area contributed by atoms with Crippen molar-refractivity contribution >= 4 is 45.5 Å². The molecular weight excluding hydrogens is 834 g/mol. The molecule has 2 aliphatic rings. The van der Waals surface area contributed by atoms with Gasteiger partial charge in [-0.25, -0.2) is 0 Å². The topological polar surface area (TPSA) is 58.2 Å². The van der Waals surface area contributed by atoms with E-state index in [4.69, 9.17) is 17.0 Å². The van der Waals surface area contributed by atoms with E-state index < -0.39 is 27.9 Å². The molecule has 0 spiro atoms. The summed E-state index contributed by atoms with van der Waals surface area (Å²) in [5, 5.41) is 6.65. The zero-order valence-electron chi connectivity index (χ0n) is 36.7. The van der Waals surface area contributed by atoms with Crippen LogP contribution in [0.15, 0.2) is 71.8 Å². The Kier molecular flexibility index (Phi) is 13.1. The SMILES string of the molecule is CCC(=O)N[B](NC(=O)CC)[Zr]([Cl])([Cl])([CH]1C(C(C)CC)=Cc2c(-c3ccc(C)c(C)c3C)cccc21)[CH]1C(C(C)CC)=Cc2c(-c3ccc(C)c(C)c3C)cccc21. The van der Waals surface area contributed by atoms with Gasteiger partial charge in [0.1, 0.15) is 0 Å². The summed E-state index contributed by atoms with van der Waals surface area (Å²) >= 11 is -6.10. The number of aryl methyl sites for hydroxylation is 2. The normalized spacial score (nSPS) is 17.7. The van der Waals surface area contributed by atoms with Gasteiger partial charge in [-0.15, -0.1) is 0 Å². The van der Waals surface area contributed by atoms with Crippen LogP contribution in [0.5, 0.6) is 0 Å². The molecule has 4 unspecified atom stereocenters. The maximum absolute atomic E-state index is 13.8. The summed E-state index contributed by atoms with van der Waals surface area (Å²) in [6.07, 6.45) is 6.96. The minimum absolute atomic E-state index is 0.127. The first kappa shape index (κ1) is 44.4. The predicted molar refractivity (Wildman–Crippen MR) is 247 cm³/mol. The molecule has 6 rings (SSSR count). The third-order valence-electron chi connectivity index (χ3n) is 14.2. The number of carbonyl (C=O) groups is 2. The molecule has 0 saturated heterocycles. The molecule has 8 heteroatoms. The van der Waals surface area contributed by atoms with Gasteiger partial charge in [0.25, 0.3) is 0 Å². The van der Waals surface area contributed by atoms with E-state index in [1.807, 2.05) is 13.8 Å². The molecule has 305 valence electrons. The summed E-state index contributed by atoms with van der Waals surface area (Å²) < 4.78 is -1.80. The van der Waals surface area contributed by atoms with E-state index in [1.165, 1.54) is 55.7 Å².